The highest BCUT2D eigenvalue weighted by Crippen LogP contribution is 2.44. The Morgan fingerprint density at radius 2 is 1.20 bits per heavy atom. The van der Waals surface area contributed by atoms with E-state index in [0.29, 0.717) is 53.8 Å². The number of anilines is 3. The second kappa shape index (κ2) is 40.0. The van der Waals surface area contributed by atoms with Gasteiger partial charge in [0, 0.05) is 69.3 Å². The third-order valence-corrected chi connectivity index (χ3v) is 19.4. The minimum Gasteiger partial charge on any atom is -0.493 e. The molecule has 604 valence electrons. The number of aliphatic carboxylic acids is 1. The molecular formula is C78H101N7O26. The van der Waals surface area contributed by atoms with E-state index in [1.807, 2.05) is 20.8 Å². The first kappa shape index (κ1) is 85.4. The summed E-state index contributed by atoms with van der Waals surface area (Å²) >= 11 is 0. The number of carbonyl (C=O) groups is 9. The number of carbonyl (C=O) groups excluding carboxylic acids is 8. The van der Waals surface area contributed by atoms with Crippen molar-refractivity contribution >= 4 is 70.4 Å². The lowest BCUT2D eigenvalue weighted by Gasteiger charge is -2.38. The van der Waals surface area contributed by atoms with E-state index in [-0.39, 0.29) is 185 Å². The van der Waals surface area contributed by atoms with E-state index in [4.69, 9.17) is 53.3 Å². The van der Waals surface area contributed by atoms with E-state index in [0.717, 1.165) is 16.2 Å². The summed E-state index contributed by atoms with van der Waals surface area (Å²) < 4.78 is 57.5. The van der Waals surface area contributed by atoms with Crippen LogP contribution in [0.3, 0.4) is 0 Å². The maximum Gasteiger partial charge on any atom is 0.416 e. The molecular weight excluding hydrogens is 1450 g/mol. The number of Topliss-reactive ketones (excluding diaryl/α,β-unsaturated/α-hetero) is 2. The molecule has 6 amide bonds. The second-order valence-corrected chi connectivity index (χ2v) is 28.2. The Labute approximate surface area is 642 Å². The number of unbranched alkanes of at least 4 members (excludes halogenated alkanes) is 2. The number of fused-ring (bicyclic) bond motifs is 4. The highest BCUT2D eigenvalue weighted by atomic mass is 16.7. The molecule has 33 heteroatoms. The SMILES string of the molecule is C=C1C[C@H]2C(O)N(C(=O)OCc3ccc(O[C@@H]4O[C@H](C(=O)O)[C@@H](O)[C@H](O)[C@H]4O)c(C(=O)CCCOCCOCCON)c3)c3cc(OCCCCCOc4cc5c(cc4OC)C(=O)N4CC(=C)C[C@H]4C(O)N5C(=O)OCc4ccc(NC(=O)[C@H](C)CC(=O)[C@@H](NC(=O)CCOCCC)C(C)C)cc4)c(C)cc3C(=O)N2C1. The number of nitrogens with zero attached hydrogens (tertiary/aromatic N) is 4. The largest absolute Gasteiger partial charge is 0.493 e. The van der Waals surface area contributed by atoms with Crippen molar-refractivity contribution in [2.24, 2.45) is 17.7 Å². The van der Waals surface area contributed by atoms with Gasteiger partial charge in [-0.3, -0.25) is 28.8 Å². The molecule has 9 rings (SSSR count). The summed E-state index contributed by atoms with van der Waals surface area (Å²) in [7, 11) is 1.39. The van der Waals surface area contributed by atoms with E-state index in [1.54, 1.807) is 44.2 Å². The minimum atomic E-state index is -2.02. The Bertz CT molecular complexity index is 4010. The number of aliphatic hydroxyl groups excluding tert-OH is 5. The first-order chi connectivity index (χ1) is 53.1. The maximum atomic E-state index is 14.6. The molecule has 0 bridgehead atoms. The van der Waals surface area contributed by atoms with Gasteiger partial charge in [-0.2, -0.15) is 0 Å². The van der Waals surface area contributed by atoms with Crippen LogP contribution in [0.4, 0.5) is 26.7 Å². The Kier molecular flexibility index (Phi) is 30.8. The van der Waals surface area contributed by atoms with E-state index < -0.39 is 115 Å². The predicted molar refractivity (Wildman–Crippen MR) is 397 cm³/mol. The number of aliphatic hydroxyl groups is 5. The first-order valence-corrected chi connectivity index (χ1v) is 37.0. The fourth-order valence-corrected chi connectivity index (χ4v) is 13.5. The van der Waals surface area contributed by atoms with Crippen molar-refractivity contribution < 1.29 is 126 Å². The number of rotatable bonds is 39. The zero-order valence-electron chi connectivity index (χ0n) is 63.2. The number of methoxy groups -OCH3 is 1. The van der Waals surface area contributed by atoms with Crippen LogP contribution in [0, 0.1) is 18.8 Å². The number of hydrogen-bond acceptors (Lipinski definition) is 26. The number of nitrogens with two attached hydrogens (primary N) is 1. The molecule has 0 aromatic heterocycles. The van der Waals surface area contributed by atoms with Gasteiger partial charge in [-0.05, 0) is 111 Å². The number of amides is 6. The van der Waals surface area contributed by atoms with Crippen molar-refractivity contribution in [2.75, 3.05) is 94.8 Å². The number of nitrogens with one attached hydrogen (secondary N) is 2. The molecule has 0 aliphatic carbocycles. The summed E-state index contributed by atoms with van der Waals surface area (Å²) in [6.07, 6.45) is -12.6. The molecule has 4 aromatic rings. The lowest BCUT2D eigenvalue weighted by Crippen LogP contribution is -2.61. The van der Waals surface area contributed by atoms with Crippen LogP contribution in [-0.2, 0) is 65.7 Å². The van der Waals surface area contributed by atoms with Crippen molar-refractivity contribution in [3.63, 3.8) is 0 Å². The number of benzene rings is 4. The van der Waals surface area contributed by atoms with Gasteiger partial charge in [0.05, 0.1) is 99.5 Å². The van der Waals surface area contributed by atoms with Gasteiger partial charge in [0.15, 0.2) is 41.6 Å². The number of carboxylic acids is 1. The second-order valence-electron chi connectivity index (χ2n) is 28.2. The van der Waals surface area contributed by atoms with Gasteiger partial charge in [-0.15, -0.1) is 0 Å². The third-order valence-electron chi connectivity index (χ3n) is 19.4. The Hall–Kier alpha value is -9.65. The normalized spacial score (nSPS) is 21.3. The monoisotopic (exact) mass is 1550 g/mol. The van der Waals surface area contributed by atoms with Gasteiger partial charge in [0.25, 0.3) is 11.8 Å². The van der Waals surface area contributed by atoms with Crippen molar-refractivity contribution in [1.82, 2.24) is 15.1 Å². The smallest absolute Gasteiger partial charge is 0.416 e. The summed E-state index contributed by atoms with van der Waals surface area (Å²) in [5.41, 5.74) is 2.88. The van der Waals surface area contributed by atoms with E-state index in [9.17, 15) is 73.8 Å². The number of aryl methyl sites for hydroxylation is 1. The van der Waals surface area contributed by atoms with Crippen molar-refractivity contribution in [2.45, 2.75) is 173 Å². The van der Waals surface area contributed by atoms with Crippen LogP contribution in [0.2, 0.25) is 0 Å². The summed E-state index contributed by atoms with van der Waals surface area (Å²) in [6, 6.07) is 13.8. The average molecular weight is 1550 g/mol. The molecule has 10 N–H and O–H groups in total. The predicted octanol–water partition coefficient (Wildman–Crippen LogP) is 5.77. The van der Waals surface area contributed by atoms with Crippen LogP contribution in [0.15, 0.2) is 91.0 Å². The standard InChI is InChI=1S/C78H101N7O26/c1-9-22-102-26-21-64(88)81-65(43(2)3)59(87)34-47(7)70(92)80-50-18-15-48(16-19-50)41-107-77(99)85-55-38-63(62(101-8)36-52(55)72(94)83-40-45(5)32-57(83)74(85)96)106-25-12-10-11-24-105-61-37-54-51(33-46(61)6)71(93)82-39-44(4)31-56(82)73(95)84(54)78(100)108-42-49-17-20-60(110-76-68(91)66(89)67(90)69(111-76)75(97)98)53(35-49)58(86)14-13-23-103-27-28-104-29-30-109-79/h15-20,33,35-38,43,47,56-57,65-69,73-74,76,89-91,95-96H,4-5,9-14,21-32,34,39-42,79H2,1-3,6-8H3,(H,80,92)(H,81,88)(H,97,98)/t47-,56+,57+,65+,66+,67+,68-,69+,73?,74?,76-/m1/s1. The molecule has 0 radical (unpaired) electrons. The number of carboxylic acid groups (broad SMARTS) is 1. The number of hydrogen-bond donors (Lipinski definition) is 9. The number of ketones is 2. The van der Waals surface area contributed by atoms with Crippen LogP contribution in [0.25, 0.3) is 0 Å². The Morgan fingerprint density at radius 1 is 0.631 bits per heavy atom. The zero-order chi connectivity index (χ0) is 80.3. The molecule has 33 nitrogen and oxygen atoms in total. The van der Waals surface area contributed by atoms with Crippen LogP contribution < -0.4 is 45.3 Å². The van der Waals surface area contributed by atoms with Gasteiger partial charge in [0.1, 0.15) is 43.0 Å². The summed E-state index contributed by atoms with van der Waals surface area (Å²) in [4.78, 5) is 132. The van der Waals surface area contributed by atoms with E-state index in [1.165, 1.54) is 53.3 Å². The third kappa shape index (κ3) is 21.5. The minimum absolute atomic E-state index is 0.00226. The summed E-state index contributed by atoms with van der Waals surface area (Å²) in [5.74, 6) is 0.221. The van der Waals surface area contributed by atoms with Crippen molar-refractivity contribution in [3.8, 4) is 23.0 Å². The molecule has 4 aromatic carbocycles. The topological polar surface area (TPSA) is 440 Å². The Morgan fingerprint density at radius 3 is 1.79 bits per heavy atom. The van der Waals surface area contributed by atoms with Crippen LogP contribution >= 0.6 is 0 Å². The lowest BCUT2D eigenvalue weighted by atomic mass is 9.92. The molecule has 5 heterocycles. The zero-order valence-corrected chi connectivity index (χ0v) is 63.2. The summed E-state index contributed by atoms with van der Waals surface area (Å²) in [5, 5.41) is 71.1. The molecule has 5 aliphatic rings. The van der Waals surface area contributed by atoms with Gasteiger partial charge in [-0.1, -0.05) is 70.2 Å². The molecule has 0 saturated carbocycles. The highest BCUT2D eigenvalue weighted by molar-refractivity contribution is 6.07. The van der Waals surface area contributed by atoms with Crippen molar-refractivity contribution in [1.29, 1.82) is 0 Å². The lowest BCUT2D eigenvalue weighted by molar-refractivity contribution is -0.271. The van der Waals surface area contributed by atoms with Crippen LogP contribution in [0.1, 0.15) is 140 Å². The average Bonchev–Trinajstić information content (AvgIpc) is 1.62. The van der Waals surface area contributed by atoms with Crippen molar-refractivity contribution in [3.05, 3.63) is 124 Å². The molecule has 0 spiro atoms. The first-order valence-electron chi connectivity index (χ1n) is 37.0. The Balaban J connectivity index is 0.831. The van der Waals surface area contributed by atoms with Crippen LogP contribution in [0.5, 0.6) is 23.0 Å². The molecule has 3 fully saturated rings. The summed E-state index contributed by atoms with van der Waals surface area (Å²) in [6.45, 7) is 18.4. The fraction of sp³-hybridized carbons (Fsp3) is 0.526. The van der Waals surface area contributed by atoms with E-state index in [2.05, 4.69) is 28.6 Å². The number of ether oxygens (including phenoxy) is 10. The van der Waals surface area contributed by atoms with Crippen LogP contribution in [-0.4, -0.2) is 235 Å². The molecule has 11 atom stereocenters. The van der Waals surface area contributed by atoms with Gasteiger partial charge < -0.3 is 103 Å². The van der Waals surface area contributed by atoms with Gasteiger partial charge >= 0.3 is 18.2 Å². The quantitative estimate of drug-likeness (QED) is 0.0111. The maximum absolute atomic E-state index is 14.6. The molecule has 3 saturated heterocycles. The van der Waals surface area contributed by atoms with Gasteiger partial charge in [0.2, 0.25) is 18.1 Å². The fourth-order valence-electron chi connectivity index (χ4n) is 13.5. The van der Waals surface area contributed by atoms with E-state index >= 15 is 0 Å². The molecule has 2 unspecified atom stereocenters. The highest BCUT2D eigenvalue weighted by Gasteiger charge is 2.50. The molecule has 5 aliphatic heterocycles. The van der Waals surface area contributed by atoms with Gasteiger partial charge in [-0.25, -0.2) is 30.1 Å². The molecule has 111 heavy (non-hydrogen) atoms.